The normalized spacial score (nSPS) is 27.4. The van der Waals surface area contributed by atoms with Gasteiger partial charge < -0.3 is 15.1 Å². The molecule has 7 heteroatoms. The summed E-state index contributed by atoms with van der Waals surface area (Å²) in [5.74, 6) is -1.23. The third kappa shape index (κ3) is 2.50. The highest BCUT2D eigenvalue weighted by molar-refractivity contribution is 6.30. The number of carbonyl (C=O) groups is 1. The van der Waals surface area contributed by atoms with E-state index in [1.807, 2.05) is 0 Å². The lowest BCUT2D eigenvalue weighted by molar-refractivity contribution is -0.0681. The minimum Gasteiger partial charge on any atom is -0.465 e. The lowest BCUT2D eigenvalue weighted by Crippen LogP contribution is -2.50. The lowest BCUT2D eigenvalue weighted by atomic mass is 9.77. The first-order valence-corrected chi connectivity index (χ1v) is 6.24. The maximum Gasteiger partial charge on any atom is 0.407 e. The van der Waals surface area contributed by atoms with E-state index in [2.05, 4.69) is 4.98 Å². The number of halogens is 2. The predicted molar refractivity (Wildman–Crippen MR) is 66.5 cm³/mol. The van der Waals surface area contributed by atoms with Crippen LogP contribution in [0.15, 0.2) is 12.3 Å². The van der Waals surface area contributed by atoms with Crippen molar-refractivity contribution in [3.8, 4) is 0 Å². The van der Waals surface area contributed by atoms with Crippen LogP contribution in [0.4, 0.5) is 9.18 Å². The molecule has 1 aliphatic rings. The highest BCUT2D eigenvalue weighted by Gasteiger charge is 2.43. The number of likely N-dealkylation sites (tertiary alicyclic amines) is 1. The van der Waals surface area contributed by atoms with Crippen LogP contribution < -0.4 is 0 Å². The Morgan fingerprint density at radius 1 is 1.68 bits per heavy atom. The highest BCUT2D eigenvalue weighted by atomic mass is 35.5. The van der Waals surface area contributed by atoms with Crippen LogP contribution in [-0.4, -0.2) is 39.3 Å². The summed E-state index contributed by atoms with van der Waals surface area (Å²) < 4.78 is 13.8. The van der Waals surface area contributed by atoms with Crippen molar-refractivity contribution in [1.82, 2.24) is 9.88 Å². The maximum atomic E-state index is 13.8. The number of amides is 1. The van der Waals surface area contributed by atoms with Crippen molar-refractivity contribution in [3.05, 3.63) is 28.8 Å². The average Bonchev–Trinajstić information content (AvgIpc) is 2.35. The number of pyridine rings is 1. The maximum absolute atomic E-state index is 13.8. The van der Waals surface area contributed by atoms with Gasteiger partial charge in [0.25, 0.3) is 0 Å². The van der Waals surface area contributed by atoms with Crippen LogP contribution >= 0.6 is 11.6 Å². The molecule has 1 amide bonds. The zero-order chi connectivity index (χ0) is 14.2. The van der Waals surface area contributed by atoms with Crippen molar-refractivity contribution in [1.29, 1.82) is 0 Å². The van der Waals surface area contributed by atoms with E-state index < -0.39 is 23.6 Å². The van der Waals surface area contributed by atoms with Gasteiger partial charge in [0.05, 0.1) is 10.6 Å². The van der Waals surface area contributed by atoms with Gasteiger partial charge in [-0.05, 0) is 12.5 Å². The van der Waals surface area contributed by atoms with Gasteiger partial charge in [-0.25, -0.2) is 9.78 Å². The monoisotopic (exact) mass is 288 g/mol. The summed E-state index contributed by atoms with van der Waals surface area (Å²) in [5.41, 5.74) is -1.42. The molecule has 0 spiro atoms. The van der Waals surface area contributed by atoms with Crippen LogP contribution in [0.3, 0.4) is 0 Å². The summed E-state index contributed by atoms with van der Waals surface area (Å²) in [6.45, 7) is 1.95. The Bertz CT molecular complexity index is 514. The van der Waals surface area contributed by atoms with Crippen molar-refractivity contribution < 1.29 is 19.4 Å². The molecule has 0 aromatic carbocycles. The topological polar surface area (TPSA) is 73.7 Å². The van der Waals surface area contributed by atoms with Crippen molar-refractivity contribution in [2.24, 2.45) is 5.92 Å². The van der Waals surface area contributed by atoms with Crippen LogP contribution in [0, 0.1) is 11.9 Å². The Labute approximate surface area is 114 Å². The van der Waals surface area contributed by atoms with Crippen LogP contribution in [0.2, 0.25) is 5.02 Å². The number of carboxylic acid groups (broad SMARTS) is 1. The van der Waals surface area contributed by atoms with Crippen LogP contribution in [0.1, 0.15) is 18.9 Å². The van der Waals surface area contributed by atoms with Gasteiger partial charge in [-0.3, -0.25) is 0 Å². The molecule has 0 saturated carbocycles. The second-order valence-corrected chi connectivity index (χ2v) is 5.23. The minimum absolute atomic E-state index is 0.0255. The lowest BCUT2D eigenvalue weighted by Gasteiger charge is -2.42. The molecular weight excluding hydrogens is 275 g/mol. The molecule has 1 aromatic heterocycles. The number of hydrogen-bond donors (Lipinski definition) is 2. The van der Waals surface area contributed by atoms with E-state index >= 15 is 0 Å². The van der Waals surface area contributed by atoms with Gasteiger partial charge in [0.15, 0.2) is 0 Å². The van der Waals surface area contributed by atoms with Gasteiger partial charge in [-0.15, -0.1) is 0 Å². The number of piperidine rings is 1. The Hall–Kier alpha value is -1.40. The molecule has 2 N–H and O–H groups in total. The van der Waals surface area contributed by atoms with Gasteiger partial charge in [-0.2, -0.15) is 4.39 Å². The molecule has 2 unspecified atom stereocenters. The number of aliphatic hydroxyl groups is 1. The summed E-state index contributed by atoms with van der Waals surface area (Å²) in [4.78, 5) is 15.6. The SMILES string of the molecule is CC1CN(C(=O)O)CCC1(O)c1cc(Cl)cnc1F. The second kappa shape index (κ2) is 4.94. The van der Waals surface area contributed by atoms with Crippen LogP contribution in [-0.2, 0) is 5.60 Å². The average molecular weight is 289 g/mol. The van der Waals surface area contributed by atoms with E-state index in [4.69, 9.17) is 16.7 Å². The molecule has 104 valence electrons. The molecule has 0 radical (unpaired) electrons. The van der Waals surface area contributed by atoms with Gasteiger partial charge >= 0.3 is 6.09 Å². The molecule has 0 bridgehead atoms. The van der Waals surface area contributed by atoms with Gasteiger partial charge in [0, 0.05) is 30.8 Å². The standard InChI is InChI=1S/C12H14ClFN2O3/c1-7-6-16(11(17)18)3-2-12(7,19)9-4-8(13)5-15-10(9)14/h4-5,7,19H,2-3,6H2,1H3,(H,17,18). The Kier molecular flexibility index (Phi) is 3.64. The van der Waals surface area contributed by atoms with Gasteiger partial charge in [0.1, 0.15) is 0 Å². The van der Waals surface area contributed by atoms with Gasteiger partial charge in [0.2, 0.25) is 5.95 Å². The molecule has 1 fully saturated rings. The fourth-order valence-electron chi connectivity index (χ4n) is 2.42. The predicted octanol–water partition coefficient (Wildman–Crippen LogP) is 2.08. The minimum atomic E-state index is -1.45. The number of rotatable bonds is 1. The van der Waals surface area contributed by atoms with E-state index in [1.54, 1.807) is 6.92 Å². The first-order chi connectivity index (χ1) is 8.84. The third-order valence-corrected chi connectivity index (χ3v) is 3.82. The fourth-order valence-corrected chi connectivity index (χ4v) is 2.58. The first-order valence-electron chi connectivity index (χ1n) is 5.86. The van der Waals surface area contributed by atoms with E-state index in [9.17, 15) is 14.3 Å². The quantitative estimate of drug-likeness (QED) is 0.776. The Balaban J connectivity index is 2.33. The van der Waals surface area contributed by atoms with E-state index in [1.165, 1.54) is 17.2 Å². The van der Waals surface area contributed by atoms with Crippen LogP contribution in [0.25, 0.3) is 0 Å². The molecule has 5 nitrogen and oxygen atoms in total. The number of nitrogens with zero attached hydrogens (tertiary/aromatic N) is 2. The zero-order valence-corrected chi connectivity index (χ0v) is 11.1. The number of hydrogen-bond acceptors (Lipinski definition) is 3. The summed E-state index contributed by atoms with van der Waals surface area (Å²) in [5, 5.41) is 19.8. The smallest absolute Gasteiger partial charge is 0.407 e. The molecular formula is C12H14ClFN2O3. The molecule has 0 aliphatic carbocycles. The molecule has 2 atom stereocenters. The van der Waals surface area contributed by atoms with E-state index in [0.29, 0.717) is 0 Å². The third-order valence-electron chi connectivity index (χ3n) is 3.61. The van der Waals surface area contributed by atoms with Crippen molar-refractivity contribution in [3.63, 3.8) is 0 Å². The molecule has 1 saturated heterocycles. The molecule has 1 aliphatic heterocycles. The zero-order valence-electron chi connectivity index (χ0n) is 10.3. The summed E-state index contributed by atoms with van der Waals surface area (Å²) >= 11 is 5.78. The summed E-state index contributed by atoms with van der Waals surface area (Å²) in [7, 11) is 0. The van der Waals surface area contributed by atoms with Crippen molar-refractivity contribution in [2.75, 3.05) is 13.1 Å². The Morgan fingerprint density at radius 2 is 2.37 bits per heavy atom. The largest absolute Gasteiger partial charge is 0.465 e. The molecule has 2 rings (SSSR count). The summed E-state index contributed by atoms with van der Waals surface area (Å²) in [6, 6.07) is 1.34. The van der Waals surface area contributed by atoms with E-state index in [0.717, 1.165) is 0 Å². The Morgan fingerprint density at radius 3 is 2.95 bits per heavy atom. The molecule has 1 aromatic rings. The van der Waals surface area contributed by atoms with Crippen LogP contribution in [0.5, 0.6) is 0 Å². The van der Waals surface area contributed by atoms with Gasteiger partial charge in [-0.1, -0.05) is 18.5 Å². The van der Waals surface area contributed by atoms with Crippen molar-refractivity contribution >= 4 is 17.7 Å². The second-order valence-electron chi connectivity index (χ2n) is 4.80. The highest BCUT2D eigenvalue weighted by Crippen LogP contribution is 2.38. The molecule has 2 heterocycles. The van der Waals surface area contributed by atoms with Crippen molar-refractivity contribution in [2.45, 2.75) is 18.9 Å². The molecule has 19 heavy (non-hydrogen) atoms. The van der Waals surface area contributed by atoms with E-state index in [-0.39, 0.29) is 30.1 Å². The fraction of sp³-hybridized carbons (Fsp3) is 0.500. The number of aromatic nitrogens is 1. The first kappa shape index (κ1) is 14.0. The summed E-state index contributed by atoms with van der Waals surface area (Å²) in [6.07, 6.45) is 0.235.